The van der Waals surface area contributed by atoms with Crippen LogP contribution in [0.1, 0.15) is 47.8 Å². The van der Waals surface area contributed by atoms with E-state index in [0.717, 1.165) is 10.9 Å². The number of benzene rings is 1. The Morgan fingerprint density at radius 1 is 1.21 bits per heavy atom. The average molecular weight is 569 g/mol. The highest BCUT2D eigenvalue weighted by molar-refractivity contribution is 7.52. The molecule has 3 heterocycles. The SMILES string of the molecule is CC(C)OC(=O)[C@H](C)N[P@](=O)(OC[C@H]1O[C@@H](n2ncc(=O)[nH]c2=O)C2(C)OC(C)(C)O[C@@H]12)Oc1ccccc1. The molecule has 0 bridgehead atoms. The zero-order valence-corrected chi connectivity index (χ0v) is 23.4. The standard InChI is InChI=1S/C24H33N4O10P/c1-14(2)34-20(30)15(3)27-39(32,37-16-10-8-7-9-11-16)33-13-17-19-24(6,38-23(4,5)36-19)21(35-17)28-22(31)26-18(29)12-25-28/h7-12,14-15,17,19,21H,13H2,1-6H3,(H,27,32)(H,26,29,31)/t15-,17+,19-,21+,24?,39-/m0/s1. The summed E-state index contributed by atoms with van der Waals surface area (Å²) >= 11 is 0. The molecular formula is C24H33N4O10P. The number of esters is 1. The Morgan fingerprint density at radius 3 is 2.54 bits per heavy atom. The molecule has 0 radical (unpaired) electrons. The van der Waals surface area contributed by atoms with Crippen molar-refractivity contribution in [2.45, 2.75) is 83.5 Å². The van der Waals surface area contributed by atoms with Gasteiger partial charge in [-0.15, -0.1) is 0 Å². The number of nitrogens with one attached hydrogen (secondary N) is 2. The van der Waals surface area contributed by atoms with E-state index in [4.69, 9.17) is 28.0 Å². The normalized spacial score (nSPS) is 28.0. The van der Waals surface area contributed by atoms with Crippen LogP contribution in [0.5, 0.6) is 5.75 Å². The maximum atomic E-state index is 13.9. The summed E-state index contributed by atoms with van der Waals surface area (Å²) in [5.41, 5.74) is -2.71. The van der Waals surface area contributed by atoms with Crippen LogP contribution >= 0.6 is 7.75 Å². The molecule has 1 aromatic heterocycles. The molecule has 6 atom stereocenters. The fourth-order valence-electron chi connectivity index (χ4n) is 4.50. The lowest BCUT2D eigenvalue weighted by atomic mass is 9.97. The molecule has 214 valence electrons. The summed E-state index contributed by atoms with van der Waals surface area (Å²) in [5, 5.41) is 6.53. The minimum Gasteiger partial charge on any atom is -0.462 e. The van der Waals surface area contributed by atoms with Crippen LogP contribution in [0.2, 0.25) is 0 Å². The van der Waals surface area contributed by atoms with Crippen molar-refractivity contribution in [2.75, 3.05) is 6.61 Å². The molecule has 0 saturated carbocycles. The van der Waals surface area contributed by atoms with Crippen molar-refractivity contribution in [1.82, 2.24) is 19.9 Å². The van der Waals surface area contributed by atoms with Gasteiger partial charge in [0.1, 0.15) is 35.8 Å². The van der Waals surface area contributed by atoms with E-state index >= 15 is 0 Å². The minimum absolute atomic E-state index is 0.235. The van der Waals surface area contributed by atoms with Crippen molar-refractivity contribution in [3.05, 3.63) is 57.4 Å². The summed E-state index contributed by atoms with van der Waals surface area (Å²) in [6.45, 7) is 9.58. The number of fused-ring (bicyclic) bond motifs is 1. The molecule has 15 heteroatoms. The highest BCUT2D eigenvalue weighted by Gasteiger charge is 2.65. The number of H-pyrrole nitrogens is 1. The van der Waals surface area contributed by atoms with Crippen LogP contribution in [-0.4, -0.2) is 63.1 Å². The van der Waals surface area contributed by atoms with E-state index in [1.54, 1.807) is 65.0 Å². The monoisotopic (exact) mass is 568 g/mol. The lowest BCUT2D eigenvalue weighted by Crippen LogP contribution is -2.46. The van der Waals surface area contributed by atoms with Gasteiger partial charge in [0.2, 0.25) is 0 Å². The van der Waals surface area contributed by atoms with Gasteiger partial charge in [-0.2, -0.15) is 14.9 Å². The molecule has 4 rings (SSSR count). The zero-order valence-electron chi connectivity index (χ0n) is 22.5. The maximum absolute atomic E-state index is 13.9. The van der Waals surface area contributed by atoms with Crippen molar-refractivity contribution in [2.24, 2.45) is 0 Å². The van der Waals surface area contributed by atoms with E-state index in [0.29, 0.717) is 0 Å². The highest BCUT2D eigenvalue weighted by atomic mass is 31.2. The van der Waals surface area contributed by atoms with Gasteiger partial charge in [0.15, 0.2) is 12.0 Å². The van der Waals surface area contributed by atoms with E-state index in [9.17, 15) is 18.9 Å². The third kappa shape index (κ3) is 6.48. The predicted molar refractivity (Wildman–Crippen MR) is 136 cm³/mol. The highest BCUT2D eigenvalue weighted by Crippen LogP contribution is 2.52. The molecule has 1 aromatic carbocycles. The number of hydrogen-bond donors (Lipinski definition) is 2. The lowest BCUT2D eigenvalue weighted by molar-refractivity contribution is -0.219. The van der Waals surface area contributed by atoms with Gasteiger partial charge in [-0.05, 0) is 53.7 Å². The Balaban J connectivity index is 1.59. The van der Waals surface area contributed by atoms with Crippen LogP contribution in [0.4, 0.5) is 0 Å². The van der Waals surface area contributed by atoms with E-state index in [2.05, 4.69) is 15.2 Å². The fraction of sp³-hybridized carbons (Fsp3) is 0.583. The number of hydrogen-bond acceptors (Lipinski definition) is 11. The first kappa shape index (κ1) is 29.1. The van der Waals surface area contributed by atoms with Gasteiger partial charge in [-0.25, -0.2) is 9.36 Å². The topological polar surface area (TPSA) is 169 Å². The summed E-state index contributed by atoms with van der Waals surface area (Å²) in [6.07, 6.45) is -2.28. The molecule has 0 amide bonds. The molecule has 2 fully saturated rings. The Labute approximate surface area is 224 Å². The second-order valence-electron chi connectivity index (χ2n) is 10.2. The van der Waals surface area contributed by atoms with Crippen LogP contribution in [0.25, 0.3) is 0 Å². The molecule has 2 aromatic rings. The van der Waals surface area contributed by atoms with Crippen LogP contribution in [0.15, 0.2) is 46.1 Å². The van der Waals surface area contributed by atoms with Crippen LogP contribution in [0.3, 0.4) is 0 Å². The average Bonchev–Trinajstić information content (AvgIpc) is 3.23. The minimum atomic E-state index is -4.20. The molecule has 0 spiro atoms. The van der Waals surface area contributed by atoms with Crippen molar-refractivity contribution in [1.29, 1.82) is 0 Å². The van der Waals surface area contributed by atoms with Gasteiger partial charge < -0.3 is 23.5 Å². The Hall–Kier alpha value is -2.87. The summed E-state index contributed by atoms with van der Waals surface area (Å²) < 4.78 is 49.8. The number of rotatable bonds is 10. The number of aromatic amines is 1. The number of carbonyl (C=O) groups excluding carboxylic acids is 1. The summed E-state index contributed by atoms with van der Waals surface area (Å²) in [6, 6.07) is 7.25. The largest absolute Gasteiger partial charge is 0.462 e. The predicted octanol–water partition coefficient (Wildman–Crippen LogP) is 1.87. The van der Waals surface area contributed by atoms with E-state index in [-0.39, 0.29) is 18.5 Å². The van der Waals surface area contributed by atoms with Crippen molar-refractivity contribution in [3.8, 4) is 5.75 Å². The third-order valence-electron chi connectivity index (χ3n) is 5.97. The number of carbonyl (C=O) groups is 1. The van der Waals surface area contributed by atoms with Gasteiger partial charge in [-0.3, -0.25) is 19.1 Å². The Morgan fingerprint density at radius 2 is 1.90 bits per heavy atom. The molecule has 39 heavy (non-hydrogen) atoms. The van der Waals surface area contributed by atoms with Gasteiger partial charge in [0.25, 0.3) is 5.56 Å². The first-order valence-electron chi connectivity index (χ1n) is 12.4. The zero-order chi connectivity index (χ0) is 28.6. The number of nitrogens with zero attached hydrogens (tertiary/aromatic N) is 2. The molecular weight excluding hydrogens is 535 g/mol. The van der Waals surface area contributed by atoms with Crippen LogP contribution in [0, 0.1) is 0 Å². The molecule has 1 unspecified atom stereocenters. The number of para-hydroxylation sites is 1. The first-order chi connectivity index (χ1) is 18.2. The van der Waals surface area contributed by atoms with Crippen LogP contribution in [-0.2, 0) is 32.8 Å². The first-order valence-corrected chi connectivity index (χ1v) is 13.9. The van der Waals surface area contributed by atoms with E-state index in [1.807, 2.05) is 0 Å². The van der Waals surface area contributed by atoms with Gasteiger partial charge in [0, 0.05) is 0 Å². The quantitative estimate of drug-likeness (QED) is 0.316. The second-order valence-corrected chi connectivity index (χ2v) is 11.9. The number of ether oxygens (including phenoxy) is 4. The molecule has 0 aliphatic carbocycles. The molecule has 2 aliphatic heterocycles. The van der Waals surface area contributed by atoms with Crippen molar-refractivity contribution < 1.29 is 37.4 Å². The smallest absolute Gasteiger partial charge is 0.459 e. The Kier molecular flexibility index (Phi) is 8.18. The summed E-state index contributed by atoms with van der Waals surface area (Å²) in [4.78, 5) is 38.6. The van der Waals surface area contributed by atoms with E-state index in [1.165, 1.54) is 6.92 Å². The van der Waals surface area contributed by atoms with Crippen molar-refractivity contribution >= 4 is 13.7 Å². The molecule has 2 aliphatic rings. The van der Waals surface area contributed by atoms with Crippen LogP contribution < -0.4 is 20.9 Å². The van der Waals surface area contributed by atoms with Gasteiger partial charge >= 0.3 is 19.4 Å². The lowest BCUT2D eigenvalue weighted by Gasteiger charge is -2.29. The maximum Gasteiger partial charge on any atom is 0.459 e. The fourth-order valence-corrected chi connectivity index (χ4v) is 6.01. The number of aromatic nitrogens is 3. The molecule has 14 nitrogen and oxygen atoms in total. The Bertz CT molecular complexity index is 1350. The van der Waals surface area contributed by atoms with Crippen molar-refractivity contribution in [3.63, 3.8) is 0 Å². The second kappa shape index (κ2) is 11.0. The van der Waals surface area contributed by atoms with Gasteiger partial charge in [-0.1, -0.05) is 18.2 Å². The molecule has 2 N–H and O–H groups in total. The van der Waals surface area contributed by atoms with Gasteiger partial charge in [0.05, 0.1) is 12.7 Å². The van der Waals surface area contributed by atoms with E-state index < -0.39 is 60.8 Å². The molecule has 2 saturated heterocycles. The third-order valence-corrected chi connectivity index (χ3v) is 7.61. The summed E-state index contributed by atoms with van der Waals surface area (Å²) in [5.74, 6) is -1.48. The summed E-state index contributed by atoms with van der Waals surface area (Å²) in [7, 11) is -4.20.